The molecule has 0 unspecified atom stereocenters. The van der Waals surface area contributed by atoms with E-state index >= 15 is 0 Å². The van der Waals surface area contributed by atoms with Crippen LogP contribution in [-0.4, -0.2) is 15.0 Å². The Balaban J connectivity index is 2.23. The summed E-state index contributed by atoms with van der Waals surface area (Å²) in [4.78, 5) is 11.2. The summed E-state index contributed by atoms with van der Waals surface area (Å²) in [5, 5.41) is 9.00. The third kappa shape index (κ3) is 1.47. The summed E-state index contributed by atoms with van der Waals surface area (Å²) >= 11 is 0. The predicted octanol–water partition coefficient (Wildman–Crippen LogP) is 2.40. The number of H-pyrrole nitrogens is 1. The average Bonchev–Trinajstić information content (AvgIpc) is 2.93. The normalized spacial score (nSPS) is 10.6. The summed E-state index contributed by atoms with van der Waals surface area (Å²) in [7, 11) is 0. The summed E-state index contributed by atoms with van der Waals surface area (Å²) in [6.45, 7) is 1.82. The van der Waals surface area contributed by atoms with Crippen molar-refractivity contribution in [2.45, 2.75) is 6.92 Å². The zero-order chi connectivity index (χ0) is 11.8. The third-order valence-corrected chi connectivity index (χ3v) is 2.55. The third-order valence-electron chi connectivity index (χ3n) is 2.55. The molecule has 0 bridgehead atoms. The minimum atomic E-state index is 0.390. The quantitative estimate of drug-likeness (QED) is 0.688. The summed E-state index contributed by atoms with van der Waals surface area (Å²) < 4.78 is 5.23. The summed E-state index contributed by atoms with van der Waals surface area (Å²) in [5.41, 5.74) is 3.46. The largest absolute Gasteiger partial charge is 0.443 e. The lowest BCUT2D eigenvalue weighted by molar-refractivity contribution is 0.602. The lowest BCUT2D eigenvalue weighted by atomic mass is 10.1. The van der Waals surface area contributed by atoms with Gasteiger partial charge in [-0.15, -0.1) is 0 Å². The van der Waals surface area contributed by atoms with Crippen molar-refractivity contribution in [2.75, 3.05) is 0 Å². The number of aryl methyl sites for hydroxylation is 1. The van der Waals surface area contributed by atoms with Crippen LogP contribution in [0.15, 0.2) is 29.0 Å². The van der Waals surface area contributed by atoms with Gasteiger partial charge in [0.15, 0.2) is 17.7 Å². The molecule has 5 heteroatoms. The molecule has 0 saturated heterocycles. The maximum absolute atomic E-state index is 9.00. The Kier molecular flexibility index (Phi) is 1.95. The van der Waals surface area contributed by atoms with Gasteiger partial charge in [0, 0.05) is 5.56 Å². The lowest BCUT2D eigenvalue weighted by Gasteiger charge is -1.97. The van der Waals surface area contributed by atoms with Crippen LogP contribution < -0.4 is 0 Å². The molecule has 0 aliphatic rings. The number of rotatable bonds is 1. The first-order chi connectivity index (χ1) is 8.28. The molecule has 0 fully saturated rings. The van der Waals surface area contributed by atoms with Crippen LogP contribution in [0.25, 0.3) is 22.4 Å². The van der Waals surface area contributed by atoms with E-state index in [1.54, 1.807) is 0 Å². The maximum Gasteiger partial charge on any atom is 0.181 e. The Morgan fingerprint density at radius 1 is 1.41 bits per heavy atom. The SMILES string of the molecule is Cc1nc(C#N)c(-c2ccc3ncoc3c2)[nH]1. The Morgan fingerprint density at radius 3 is 3.12 bits per heavy atom. The average molecular weight is 224 g/mol. The highest BCUT2D eigenvalue weighted by atomic mass is 16.3. The Labute approximate surface area is 96.7 Å². The van der Waals surface area contributed by atoms with Gasteiger partial charge in [0.1, 0.15) is 17.4 Å². The molecule has 3 rings (SSSR count). The molecule has 1 N–H and O–H groups in total. The first-order valence-corrected chi connectivity index (χ1v) is 5.08. The van der Waals surface area contributed by atoms with E-state index in [0.717, 1.165) is 11.1 Å². The second-order valence-electron chi connectivity index (χ2n) is 3.69. The molecule has 0 aliphatic carbocycles. The van der Waals surface area contributed by atoms with Crippen LogP contribution in [0.2, 0.25) is 0 Å². The van der Waals surface area contributed by atoms with E-state index in [2.05, 4.69) is 21.0 Å². The van der Waals surface area contributed by atoms with E-state index in [4.69, 9.17) is 9.68 Å². The van der Waals surface area contributed by atoms with E-state index in [9.17, 15) is 0 Å². The van der Waals surface area contributed by atoms with Crippen LogP contribution in [0, 0.1) is 18.3 Å². The van der Waals surface area contributed by atoms with Crippen molar-refractivity contribution in [2.24, 2.45) is 0 Å². The maximum atomic E-state index is 9.00. The van der Waals surface area contributed by atoms with Crippen LogP contribution in [-0.2, 0) is 0 Å². The summed E-state index contributed by atoms with van der Waals surface area (Å²) in [5.74, 6) is 0.717. The van der Waals surface area contributed by atoms with Crippen molar-refractivity contribution >= 4 is 11.1 Å². The van der Waals surface area contributed by atoms with Gasteiger partial charge in [-0.1, -0.05) is 6.07 Å². The molecule has 5 nitrogen and oxygen atoms in total. The molecule has 17 heavy (non-hydrogen) atoms. The van der Waals surface area contributed by atoms with E-state index in [-0.39, 0.29) is 0 Å². The van der Waals surface area contributed by atoms with Gasteiger partial charge in [-0.3, -0.25) is 0 Å². The fraction of sp³-hybridized carbons (Fsp3) is 0.0833. The predicted molar refractivity (Wildman–Crippen MR) is 61.0 cm³/mol. The first kappa shape index (κ1) is 9.60. The number of hydrogen-bond acceptors (Lipinski definition) is 4. The zero-order valence-electron chi connectivity index (χ0n) is 9.06. The fourth-order valence-electron chi connectivity index (χ4n) is 1.79. The molecule has 0 spiro atoms. The minimum Gasteiger partial charge on any atom is -0.443 e. The van der Waals surface area contributed by atoms with Crippen LogP contribution in [0.4, 0.5) is 0 Å². The molecule has 2 aromatic heterocycles. The smallest absolute Gasteiger partial charge is 0.181 e. The number of aromatic amines is 1. The van der Waals surface area contributed by atoms with Gasteiger partial charge < -0.3 is 9.40 Å². The topological polar surface area (TPSA) is 78.5 Å². The van der Waals surface area contributed by atoms with Crippen molar-refractivity contribution in [3.8, 4) is 17.3 Å². The van der Waals surface area contributed by atoms with Gasteiger partial charge in [-0.25, -0.2) is 9.97 Å². The van der Waals surface area contributed by atoms with E-state index in [0.29, 0.717) is 22.8 Å². The number of nitrogens with zero attached hydrogens (tertiary/aromatic N) is 3. The van der Waals surface area contributed by atoms with E-state index < -0.39 is 0 Å². The number of nitrogens with one attached hydrogen (secondary N) is 1. The van der Waals surface area contributed by atoms with E-state index in [1.165, 1.54) is 6.39 Å². The number of fused-ring (bicyclic) bond motifs is 1. The number of aromatic nitrogens is 3. The molecular weight excluding hydrogens is 216 g/mol. The highest BCUT2D eigenvalue weighted by Gasteiger charge is 2.11. The Bertz CT molecular complexity index is 732. The van der Waals surface area contributed by atoms with Gasteiger partial charge in [-0.2, -0.15) is 5.26 Å². The Morgan fingerprint density at radius 2 is 2.29 bits per heavy atom. The molecule has 1 aromatic carbocycles. The molecule has 0 atom stereocenters. The van der Waals surface area contributed by atoms with Gasteiger partial charge >= 0.3 is 0 Å². The van der Waals surface area contributed by atoms with Crippen LogP contribution in [0.1, 0.15) is 11.5 Å². The molecule has 0 amide bonds. The van der Waals surface area contributed by atoms with Crippen molar-refractivity contribution in [1.82, 2.24) is 15.0 Å². The number of nitriles is 1. The standard InChI is InChI=1S/C12H8N4O/c1-7-15-10(5-13)12(16-7)8-2-3-9-11(4-8)17-6-14-9/h2-4,6H,1H3,(H,15,16). The molecule has 0 aliphatic heterocycles. The molecule has 82 valence electrons. The summed E-state index contributed by atoms with van der Waals surface area (Å²) in [6.07, 6.45) is 1.40. The van der Waals surface area contributed by atoms with Gasteiger partial charge in [0.2, 0.25) is 0 Å². The van der Waals surface area contributed by atoms with Gasteiger partial charge in [-0.05, 0) is 19.1 Å². The molecular formula is C12H8N4O. The molecule has 0 radical (unpaired) electrons. The number of oxazole rings is 1. The van der Waals surface area contributed by atoms with Crippen LogP contribution >= 0.6 is 0 Å². The van der Waals surface area contributed by atoms with Crippen molar-refractivity contribution in [3.63, 3.8) is 0 Å². The molecule has 2 heterocycles. The summed E-state index contributed by atoms with van der Waals surface area (Å²) in [6, 6.07) is 7.65. The molecule has 3 aromatic rings. The number of hydrogen-bond donors (Lipinski definition) is 1. The monoisotopic (exact) mass is 224 g/mol. The van der Waals surface area contributed by atoms with Gasteiger partial charge in [0.25, 0.3) is 0 Å². The fourth-order valence-corrected chi connectivity index (χ4v) is 1.79. The Hall–Kier alpha value is -2.61. The number of benzene rings is 1. The minimum absolute atomic E-state index is 0.390. The first-order valence-electron chi connectivity index (χ1n) is 5.08. The second kappa shape index (κ2) is 3.46. The van der Waals surface area contributed by atoms with Crippen molar-refractivity contribution < 1.29 is 4.42 Å². The second-order valence-corrected chi connectivity index (χ2v) is 3.69. The lowest BCUT2D eigenvalue weighted by Crippen LogP contribution is -1.82. The zero-order valence-corrected chi connectivity index (χ0v) is 9.06. The number of imidazole rings is 1. The highest BCUT2D eigenvalue weighted by molar-refractivity contribution is 5.80. The van der Waals surface area contributed by atoms with E-state index in [1.807, 2.05) is 25.1 Å². The van der Waals surface area contributed by atoms with Crippen molar-refractivity contribution in [1.29, 1.82) is 5.26 Å². The van der Waals surface area contributed by atoms with Crippen LogP contribution in [0.3, 0.4) is 0 Å². The van der Waals surface area contributed by atoms with Crippen molar-refractivity contribution in [3.05, 3.63) is 36.1 Å². The highest BCUT2D eigenvalue weighted by Crippen LogP contribution is 2.24. The van der Waals surface area contributed by atoms with Crippen LogP contribution in [0.5, 0.6) is 0 Å². The molecule has 0 saturated carbocycles. The van der Waals surface area contributed by atoms with Gasteiger partial charge in [0.05, 0.1) is 5.69 Å².